The van der Waals surface area contributed by atoms with Crippen molar-refractivity contribution in [1.82, 2.24) is 5.32 Å². The van der Waals surface area contributed by atoms with Crippen molar-refractivity contribution < 1.29 is 13.6 Å². The van der Waals surface area contributed by atoms with Crippen LogP contribution in [0.15, 0.2) is 18.2 Å². The van der Waals surface area contributed by atoms with Crippen molar-refractivity contribution in [2.75, 3.05) is 12.0 Å². The van der Waals surface area contributed by atoms with Crippen molar-refractivity contribution in [2.24, 2.45) is 5.73 Å². The van der Waals surface area contributed by atoms with Gasteiger partial charge in [0.15, 0.2) is 0 Å². The standard InChI is InChI=1S/C14H20F2N2OS/c1-9(18-14(19)13(17)6-7-20-2)8-10-11(15)4-3-5-12(10)16/h3-5,9,13H,6-8,17H2,1-2H3,(H,18,19)/t9?,13-/m1/s1. The lowest BCUT2D eigenvalue weighted by Gasteiger charge is -2.18. The van der Waals surface area contributed by atoms with Crippen LogP contribution in [0, 0.1) is 11.6 Å². The molecule has 1 aromatic rings. The van der Waals surface area contributed by atoms with Crippen molar-refractivity contribution in [3.8, 4) is 0 Å². The summed E-state index contributed by atoms with van der Waals surface area (Å²) in [6, 6.07) is 2.76. The molecule has 0 fully saturated rings. The molecule has 1 unspecified atom stereocenters. The van der Waals surface area contributed by atoms with Crippen LogP contribution in [0.25, 0.3) is 0 Å². The molecule has 1 amide bonds. The first-order valence-corrected chi connectivity index (χ1v) is 7.82. The Balaban J connectivity index is 2.55. The maximum Gasteiger partial charge on any atom is 0.237 e. The van der Waals surface area contributed by atoms with E-state index in [0.717, 1.165) is 5.75 Å². The number of thioether (sulfide) groups is 1. The average Bonchev–Trinajstić information content (AvgIpc) is 2.40. The SMILES string of the molecule is CSCC[C@@H](N)C(=O)NC(C)Cc1c(F)cccc1F. The fourth-order valence-corrected chi connectivity index (χ4v) is 2.30. The zero-order valence-corrected chi connectivity index (χ0v) is 12.5. The van der Waals surface area contributed by atoms with E-state index >= 15 is 0 Å². The van der Waals surface area contributed by atoms with Crippen LogP contribution in [-0.2, 0) is 11.2 Å². The van der Waals surface area contributed by atoms with Crippen LogP contribution in [-0.4, -0.2) is 30.0 Å². The maximum atomic E-state index is 13.5. The Kier molecular flexibility index (Phi) is 6.95. The molecule has 1 aromatic carbocycles. The summed E-state index contributed by atoms with van der Waals surface area (Å²) in [5, 5.41) is 2.68. The average molecular weight is 302 g/mol. The summed E-state index contributed by atoms with van der Waals surface area (Å²) in [6.45, 7) is 1.70. The molecule has 6 heteroatoms. The minimum atomic E-state index is -0.599. The van der Waals surface area contributed by atoms with Gasteiger partial charge in [-0.15, -0.1) is 0 Å². The molecule has 3 N–H and O–H groups in total. The highest BCUT2D eigenvalue weighted by atomic mass is 32.2. The monoisotopic (exact) mass is 302 g/mol. The van der Waals surface area contributed by atoms with Crippen LogP contribution in [0.2, 0.25) is 0 Å². The van der Waals surface area contributed by atoms with E-state index in [2.05, 4.69) is 5.32 Å². The highest BCUT2D eigenvalue weighted by molar-refractivity contribution is 7.98. The molecule has 0 saturated heterocycles. The van der Waals surface area contributed by atoms with Crippen molar-refractivity contribution >= 4 is 17.7 Å². The lowest BCUT2D eigenvalue weighted by Crippen LogP contribution is -2.45. The summed E-state index contributed by atoms with van der Waals surface area (Å²) in [7, 11) is 0. The van der Waals surface area contributed by atoms with Crippen molar-refractivity contribution in [2.45, 2.75) is 31.8 Å². The normalized spacial score (nSPS) is 13.8. The van der Waals surface area contributed by atoms with Gasteiger partial charge in [0.05, 0.1) is 6.04 Å². The number of carbonyl (C=O) groups excluding carboxylic acids is 1. The first-order chi connectivity index (χ1) is 9.45. The first-order valence-electron chi connectivity index (χ1n) is 6.43. The van der Waals surface area contributed by atoms with Crippen molar-refractivity contribution in [3.63, 3.8) is 0 Å². The summed E-state index contributed by atoms with van der Waals surface area (Å²) < 4.78 is 27.0. The highest BCUT2D eigenvalue weighted by Gasteiger charge is 2.18. The molecular formula is C14H20F2N2OS. The van der Waals surface area contributed by atoms with Gasteiger partial charge in [0.2, 0.25) is 5.91 Å². The van der Waals surface area contributed by atoms with Gasteiger partial charge in [-0.1, -0.05) is 6.07 Å². The van der Waals surface area contributed by atoms with Crippen molar-refractivity contribution in [1.29, 1.82) is 0 Å². The van der Waals surface area contributed by atoms with E-state index in [0.29, 0.717) is 6.42 Å². The van der Waals surface area contributed by atoms with Crippen LogP contribution in [0.1, 0.15) is 18.9 Å². The van der Waals surface area contributed by atoms with E-state index in [-0.39, 0.29) is 23.9 Å². The van der Waals surface area contributed by atoms with Gasteiger partial charge in [0, 0.05) is 11.6 Å². The number of nitrogens with one attached hydrogen (secondary N) is 1. The topological polar surface area (TPSA) is 55.1 Å². The molecule has 0 bridgehead atoms. The summed E-state index contributed by atoms with van der Waals surface area (Å²) >= 11 is 1.61. The predicted octanol–water partition coefficient (Wildman–Crippen LogP) is 2.09. The number of hydrogen-bond acceptors (Lipinski definition) is 3. The minimum Gasteiger partial charge on any atom is -0.352 e. The number of rotatable bonds is 7. The second kappa shape index (κ2) is 8.21. The summed E-state index contributed by atoms with van der Waals surface area (Å²) in [5.74, 6) is -0.691. The Morgan fingerprint density at radius 1 is 1.40 bits per heavy atom. The van der Waals surface area contributed by atoms with Crippen LogP contribution in [0.3, 0.4) is 0 Å². The van der Waals surface area contributed by atoms with E-state index in [4.69, 9.17) is 5.73 Å². The molecule has 112 valence electrons. The molecular weight excluding hydrogens is 282 g/mol. The quantitative estimate of drug-likeness (QED) is 0.811. The summed E-state index contributed by atoms with van der Waals surface area (Å²) in [6.07, 6.45) is 2.61. The molecule has 0 heterocycles. The van der Waals surface area contributed by atoms with Crippen molar-refractivity contribution in [3.05, 3.63) is 35.4 Å². The van der Waals surface area contributed by atoms with Gasteiger partial charge in [-0.3, -0.25) is 4.79 Å². The van der Waals surface area contributed by atoms with Gasteiger partial charge < -0.3 is 11.1 Å². The lowest BCUT2D eigenvalue weighted by atomic mass is 10.1. The molecule has 0 aromatic heterocycles. The zero-order valence-electron chi connectivity index (χ0n) is 11.7. The molecule has 1 rings (SSSR count). The molecule has 0 aliphatic rings. The number of carbonyl (C=O) groups is 1. The fourth-order valence-electron chi connectivity index (χ4n) is 1.81. The zero-order chi connectivity index (χ0) is 15.1. The van der Waals surface area contributed by atoms with E-state index in [1.54, 1.807) is 18.7 Å². The van der Waals surface area contributed by atoms with E-state index in [1.807, 2.05) is 6.26 Å². The highest BCUT2D eigenvalue weighted by Crippen LogP contribution is 2.14. The van der Waals surface area contributed by atoms with Crippen LogP contribution < -0.4 is 11.1 Å². The fraction of sp³-hybridized carbons (Fsp3) is 0.500. The van der Waals surface area contributed by atoms with E-state index < -0.39 is 17.7 Å². The van der Waals surface area contributed by atoms with Crippen LogP contribution >= 0.6 is 11.8 Å². The summed E-state index contributed by atoms with van der Waals surface area (Å²) in [4.78, 5) is 11.8. The maximum absolute atomic E-state index is 13.5. The summed E-state index contributed by atoms with van der Waals surface area (Å²) in [5.41, 5.74) is 5.72. The number of nitrogens with two attached hydrogens (primary N) is 1. The lowest BCUT2D eigenvalue weighted by molar-refractivity contribution is -0.123. The van der Waals surface area contributed by atoms with Gasteiger partial charge >= 0.3 is 0 Å². The van der Waals surface area contributed by atoms with Crippen LogP contribution in [0.5, 0.6) is 0 Å². The second-order valence-corrected chi connectivity index (χ2v) is 5.69. The third-order valence-corrected chi connectivity index (χ3v) is 3.57. The smallest absolute Gasteiger partial charge is 0.237 e. The molecule has 0 saturated carbocycles. The number of benzene rings is 1. The van der Waals surface area contributed by atoms with Gasteiger partial charge in [-0.25, -0.2) is 8.78 Å². The number of amides is 1. The molecule has 3 nitrogen and oxygen atoms in total. The molecule has 0 aliphatic heterocycles. The second-order valence-electron chi connectivity index (χ2n) is 4.70. The van der Waals surface area contributed by atoms with E-state index in [9.17, 15) is 13.6 Å². The van der Waals surface area contributed by atoms with E-state index in [1.165, 1.54) is 18.2 Å². The minimum absolute atomic E-state index is 0.0158. The van der Waals surface area contributed by atoms with Gasteiger partial charge in [0.25, 0.3) is 0 Å². The number of hydrogen-bond donors (Lipinski definition) is 2. The predicted molar refractivity (Wildman–Crippen MR) is 78.6 cm³/mol. The largest absolute Gasteiger partial charge is 0.352 e. The molecule has 0 aliphatic carbocycles. The third-order valence-electron chi connectivity index (χ3n) is 2.93. The Morgan fingerprint density at radius 3 is 2.55 bits per heavy atom. The van der Waals surface area contributed by atoms with Gasteiger partial charge in [0.1, 0.15) is 11.6 Å². The number of halogens is 2. The Bertz CT molecular complexity index is 437. The Morgan fingerprint density at radius 2 is 2.00 bits per heavy atom. The Hall–Kier alpha value is -1.14. The van der Waals surface area contributed by atoms with Gasteiger partial charge in [-0.05, 0) is 43.9 Å². The third kappa shape index (κ3) is 5.09. The van der Waals surface area contributed by atoms with Crippen LogP contribution in [0.4, 0.5) is 8.78 Å². The Labute approximate surface area is 122 Å². The molecule has 0 radical (unpaired) electrons. The van der Waals surface area contributed by atoms with Gasteiger partial charge in [-0.2, -0.15) is 11.8 Å². The molecule has 0 spiro atoms. The molecule has 2 atom stereocenters. The first kappa shape index (κ1) is 16.9. The molecule has 20 heavy (non-hydrogen) atoms.